The van der Waals surface area contributed by atoms with E-state index in [-0.39, 0.29) is 17.4 Å². The molecule has 0 atom stereocenters. The summed E-state index contributed by atoms with van der Waals surface area (Å²) >= 11 is 0. The number of benzene rings is 2. The van der Waals surface area contributed by atoms with Crippen molar-refractivity contribution < 1.29 is 18.4 Å². The Morgan fingerprint density at radius 1 is 0.929 bits per heavy atom. The molecule has 1 aliphatic rings. The minimum atomic E-state index is -1.33. The largest absolute Gasteiger partial charge is 0.368 e. The van der Waals surface area contributed by atoms with E-state index >= 15 is 0 Å². The highest BCUT2D eigenvalue weighted by Gasteiger charge is 2.40. The smallest absolute Gasteiger partial charge is 0.239 e. The van der Waals surface area contributed by atoms with Gasteiger partial charge in [0.05, 0.1) is 5.69 Å². The fourth-order valence-electron chi connectivity index (χ4n) is 3.15. The molecule has 148 valence electrons. The molecule has 2 aromatic carbocycles. The van der Waals surface area contributed by atoms with Crippen LogP contribution in [0.3, 0.4) is 0 Å². The second-order valence-corrected chi connectivity index (χ2v) is 7.31. The minimum Gasteiger partial charge on any atom is -0.368 e. The molecule has 0 radical (unpaired) electrons. The summed E-state index contributed by atoms with van der Waals surface area (Å²) in [4.78, 5) is 29.2. The molecule has 2 aromatic rings. The van der Waals surface area contributed by atoms with Gasteiger partial charge in [0.15, 0.2) is 0 Å². The van der Waals surface area contributed by atoms with E-state index in [9.17, 15) is 18.4 Å². The van der Waals surface area contributed by atoms with Crippen LogP contribution < -0.4 is 10.2 Å². The van der Waals surface area contributed by atoms with Gasteiger partial charge in [-0.15, -0.1) is 0 Å². The Kier molecular flexibility index (Phi) is 5.63. The van der Waals surface area contributed by atoms with Gasteiger partial charge in [0, 0.05) is 31.9 Å². The summed E-state index contributed by atoms with van der Waals surface area (Å²) in [6.45, 7) is 5.15. The number of piperazine rings is 1. The number of halogens is 2. The molecule has 3 rings (SSSR count). The van der Waals surface area contributed by atoms with Gasteiger partial charge < -0.3 is 15.1 Å². The summed E-state index contributed by atoms with van der Waals surface area (Å²) in [7, 11) is 0. The Bertz CT molecular complexity index is 860. The van der Waals surface area contributed by atoms with E-state index in [2.05, 4.69) is 10.2 Å². The number of rotatable bonds is 4. The fraction of sp³-hybridized carbons (Fsp3) is 0.333. The molecule has 0 bridgehead atoms. The van der Waals surface area contributed by atoms with E-state index in [0.717, 1.165) is 5.69 Å². The normalized spacial score (nSPS) is 14.7. The first-order valence-corrected chi connectivity index (χ1v) is 9.15. The van der Waals surface area contributed by atoms with E-state index in [4.69, 9.17) is 0 Å². The summed E-state index contributed by atoms with van der Waals surface area (Å²) < 4.78 is 26.9. The van der Waals surface area contributed by atoms with Crippen molar-refractivity contribution in [2.75, 3.05) is 36.4 Å². The van der Waals surface area contributed by atoms with Gasteiger partial charge in [0.25, 0.3) is 0 Å². The number of carbonyl (C=O) groups excluding carboxylic acids is 2. The third-order valence-corrected chi connectivity index (χ3v) is 4.98. The molecular formula is C21H23F2N3O2. The highest BCUT2D eigenvalue weighted by atomic mass is 19.1. The lowest BCUT2D eigenvalue weighted by Gasteiger charge is -2.39. The highest BCUT2D eigenvalue weighted by Crippen LogP contribution is 2.25. The molecule has 1 aliphatic heterocycles. The molecule has 1 N–H and O–H groups in total. The first-order valence-electron chi connectivity index (χ1n) is 9.15. The van der Waals surface area contributed by atoms with Crippen LogP contribution in [0, 0.1) is 17.0 Å². The van der Waals surface area contributed by atoms with Crippen molar-refractivity contribution in [3.63, 3.8) is 0 Å². The van der Waals surface area contributed by atoms with Gasteiger partial charge in [0.2, 0.25) is 11.8 Å². The SMILES string of the molecule is CC(C)(C(=O)Nc1ccccc1F)C(=O)N1CCN(c2ccc(F)cc2)CC1. The Morgan fingerprint density at radius 3 is 2.14 bits per heavy atom. The zero-order valence-corrected chi connectivity index (χ0v) is 15.9. The van der Waals surface area contributed by atoms with Crippen molar-refractivity contribution in [3.8, 4) is 0 Å². The number of nitrogens with zero attached hydrogens (tertiary/aromatic N) is 2. The van der Waals surface area contributed by atoms with Crippen molar-refractivity contribution in [1.29, 1.82) is 0 Å². The Morgan fingerprint density at radius 2 is 1.54 bits per heavy atom. The first kappa shape index (κ1) is 19.8. The molecule has 28 heavy (non-hydrogen) atoms. The van der Waals surface area contributed by atoms with Gasteiger partial charge in [-0.1, -0.05) is 12.1 Å². The Hall–Kier alpha value is -2.96. The van der Waals surface area contributed by atoms with Gasteiger partial charge in [-0.05, 0) is 50.2 Å². The zero-order valence-electron chi connectivity index (χ0n) is 15.9. The molecule has 0 saturated carbocycles. The molecule has 1 fully saturated rings. The van der Waals surface area contributed by atoms with Crippen molar-refractivity contribution in [2.45, 2.75) is 13.8 Å². The predicted octanol–water partition coefficient (Wildman–Crippen LogP) is 3.28. The average molecular weight is 387 g/mol. The van der Waals surface area contributed by atoms with Gasteiger partial charge >= 0.3 is 0 Å². The molecule has 5 nitrogen and oxygen atoms in total. The molecule has 0 aliphatic carbocycles. The van der Waals surface area contributed by atoms with E-state index < -0.39 is 17.1 Å². The van der Waals surface area contributed by atoms with Crippen LogP contribution in [-0.4, -0.2) is 42.9 Å². The molecule has 1 saturated heterocycles. The fourth-order valence-corrected chi connectivity index (χ4v) is 3.15. The maximum atomic E-state index is 13.8. The van der Waals surface area contributed by atoms with Crippen molar-refractivity contribution in [2.24, 2.45) is 5.41 Å². The van der Waals surface area contributed by atoms with E-state index in [1.165, 1.54) is 44.2 Å². The van der Waals surface area contributed by atoms with E-state index in [1.54, 1.807) is 23.1 Å². The van der Waals surface area contributed by atoms with Gasteiger partial charge in [0.1, 0.15) is 17.0 Å². The van der Waals surface area contributed by atoms with Crippen LogP contribution >= 0.6 is 0 Å². The third-order valence-electron chi connectivity index (χ3n) is 4.98. The van der Waals surface area contributed by atoms with Crippen LogP contribution in [0.25, 0.3) is 0 Å². The number of hydrogen-bond acceptors (Lipinski definition) is 3. The molecule has 0 aromatic heterocycles. The van der Waals surface area contributed by atoms with Gasteiger partial charge in [-0.3, -0.25) is 9.59 Å². The van der Waals surface area contributed by atoms with Crippen LogP contribution in [0.2, 0.25) is 0 Å². The molecule has 1 heterocycles. The van der Waals surface area contributed by atoms with Crippen LogP contribution in [0.4, 0.5) is 20.2 Å². The topological polar surface area (TPSA) is 52.7 Å². The average Bonchev–Trinajstić information content (AvgIpc) is 2.70. The van der Waals surface area contributed by atoms with Gasteiger partial charge in [-0.25, -0.2) is 8.78 Å². The summed E-state index contributed by atoms with van der Waals surface area (Å²) in [5.41, 5.74) is -0.389. The Labute approximate surface area is 162 Å². The van der Waals surface area contributed by atoms with Crippen LogP contribution in [0.5, 0.6) is 0 Å². The first-order chi connectivity index (χ1) is 13.3. The number of carbonyl (C=O) groups is 2. The molecule has 0 spiro atoms. The molecule has 7 heteroatoms. The van der Waals surface area contributed by atoms with E-state index in [1.807, 2.05) is 0 Å². The minimum absolute atomic E-state index is 0.0505. The van der Waals surface area contributed by atoms with Crippen molar-refractivity contribution >= 4 is 23.2 Å². The number of hydrogen-bond donors (Lipinski definition) is 1. The van der Waals surface area contributed by atoms with Gasteiger partial charge in [-0.2, -0.15) is 0 Å². The standard InChI is InChI=1S/C21H23F2N3O2/c1-21(2,19(27)24-18-6-4-3-5-17(18)23)20(28)26-13-11-25(12-14-26)16-9-7-15(22)8-10-16/h3-10H,11-14H2,1-2H3,(H,24,27). The van der Waals surface area contributed by atoms with Crippen LogP contribution in [-0.2, 0) is 9.59 Å². The monoisotopic (exact) mass is 387 g/mol. The maximum absolute atomic E-state index is 13.8. The molecule has 0 unspecified atom stereocenters. The quantitative estimate of drug-likeness (QED) is 0.820. The highest BCUT2D eigenvalue weighted by molar-refractivity contribution is 6.09. The predicted molar refractivity (Wildman–Crippen MR) is 104 cm³/mol. The second kappa shape index (κ2) is 7.96. The maximum Gasteiger partial charge on any atom is 0.239 e. The van der Waals surface area contributed by atoms with Crippen LogP contribution in [0.1, 0.15) is 13.8 Å². The lowest BCUT2D eigenvalue weighted by atomic mass is 9.89. The summed E-state index contributed by atoms with van der Waals surface area (Å²) in [5.74, 6) is -1.70. The lowest BCUT2D eigenvalue weighted by Crippen LogP contribution is -2.54. The Balaban J connectivity index is 1.62. The molecular weight excluding hydrogens is 364 g/mol. The summed E-state index contributed by atoms with van der Waals surface area (Å²) in [6, 6.07) is 12.1. The van der Waals surface area contributed by atoms with E-state index in [0.29, 0.717) is 26.2 Å². The zero-order chi connectivity index (χ0) is 20.3. The molecule has 2 amide bonds. The van der Waals surface area contributed by atoms with Crippen molar-refractivity contribution in [3.05, 3.63) is 60.2 Å². The van der Waals surface area contributed by atoms with Crippen molar-refractivity contribution in [1.82, 2.24) is 4.90 Å². The number of anilines is 2. The summed E-state index contributed by atoms with van der Waals surface area (Å²) in [5, 5.41) is 2.50. The number of amides is 2. The number of nitrogens with one attached hydrogen (secondary N) is 1. The third kappa shape index (κ3) is 4.13. The van der Waals surface area contributed by atoms with Crippen LogP contribution in [0.15, 0.2) is 48.5 Å². The summed E-state index contributed by atoms with van der Waals surface area (Å²) in [6.07, 6.45) is 0. The second-order valence-electron chi connectivity index (χ2n) is 7.31. The number of para-hydroxylation sites is 1. The lowest BCUT2D eigenvalue weighted by molar-refractivity contribution is -0.146.